The van der Waals surface area contributed by atoms with Crippen LogP contribution >= 0.6 is 0 Å². The minimum Gasteiger partial charge on any atom is -0.316 e. The topological polar surface area (TPSA) is 73.6 Å². The van der Waals surface area contributed by atoms with Crippen molar-refractivity contribution in [1.82, 2.24) is 0 Å². The van der Waals surface area contributed by atoms with Crippen LogP contribution in [0, 0.1) is 22.7 Å². The molecule has 0 heterocycles. The fraction of sp³-hybridized carbons (Fsp3) is 0.200. The Labute approximate surface area is 89.5 Å². The van der Waals surface area contributed by atoms with Crippen LogP contribution in [0.15, 0.2) is 18.2 Å². The Balaban J connectivity index is 3.32. The molecule has 0 saturated carbocycles. The van der Waals surface area contributed by atoms with Crippen molar-refractivity contribution in [3.63, 3.8) is 0 Å². The van der Waals surface area contributed by atoms with Crippen molar-refractivity contribution in [3.8, 4) is 12.1 Å². The van der Waals surface area contributed by atoms with E-state index in [9.17, 15) is 13.2 Å². The van der Waals surface area contributed by atoms with Crippen molar-refractivity contribution >= 4 is 0 Å². The van der Waals surface area contributed by atoms with Gasteiger partial charge in [-0.2, -0.15) is 23.7 Å². The Kier molecular flexibility index (Phi) is 3.17. The van der Waals surface area contributed by atoms with Gasteiger partial charge in [-0.05, 0) is 23.8 Å². The molecule has 1 rings (SSSR count). The summed E-state index contributed by atoms with van der Waals surface area (Å²) in [6.07, 6.45) is -4.64. The molecule has 1 atom stereocenters. The molecule has 0 aliphatic heterocycles. The smallest absolute Gasteiger partial charge is 0.316 e. The lowest BCUT2D eigenvalue weighted by Crippen LogP contribution is -2.29. The molecule has 16 heavy (non-hydrogen) atoms. The standard InChI is InChI=1S/C10H6F3N3/c11-10(12,13)9(16)8-3-6(4-14)1-2-7(8)5-15/h1-3,9H,16H2/t9-/m1/s1. The quantitative estimate of drug-likeness (QED) is 0.794. The minimum absolute atomic E-state index is 0.0358. The number of halogens is 3. The molecule has 6 heteroatoms. The first-order valence-electron chi connectivity index (χ1n) is 4.16. The first-order valence-corrected chi connectivity index (χ1v) is 4.16. The zero-order valence-electron chi connectivity index (χ0n) is 7.92. The van der Waals surface area contributed by atoms with E-state index >= 15 is 0 Å². The highest BCUT2D eigenvalue weighted by atomic mass is 19.4. The van der Waals surface area contributed by atoms with E-state index < -0.39 is 12.2 Å². The van der Waals surface area contributed by atoms with Crippen LogP contribution in [0.25, 0.3) is 0 Å². The molecule has 82 valence electrons. The van der Waals surface area contributed by atoms with Crippen LogP contribution < -0.4 is 5.73 Å². The van der Waals surface area contributed by atoms with Crippen molar-refractivity contribution in [2.24, 2.45) is 5.73 Å². The number of rotatable bonds is 1. The van der Waals surface area contributed by atoms with Gasteiger partial charge >= 0.3 is 6.18 Å². The third kappa shape index (κ3) is 2.30. The molecule has 1 aromatic carbocycles. The lowest BCUT2D eigenvalue weighted by atomic mass is 9.99. The van der Waals surface area contributed by atoms with Gasteiger partial charge in [-0.15, -0.1) is 0 Å². The summed E-state index contributed by atoms with van der Waals surface area (Å²) in [4.78, 5) is 0. The first-order chi connectivity index (χ1) is 7.40. The fourth-order valence-corrected chi connectivity index (χ4v) is 1.17. The number of benzene rings is 1. The number of alkyl halides is 3. The SMILES string of the molecule is N#Cc1ccc(C#N)c([C@@H](N)C(F)(F)F)c1. The van der Waals surface area contributed by atoms with Crippen LogP contribution in [0.2, 0.25) is 0 Å². The molecule has 0 radical (unpaired) electrons. The van der Waals surface area contributed by atoms with Crippen LogP contribution in [-0.4, -0.2) is 6.18 Å². The minimum atomic E-state index is -4.64. The second-order valence-electron chi connectivity index (χ2n) is 3.04. The van der Waals surface area contributed by atoms with Crippen molar-refractivity contribution in [1.29, 1.82) is 10.5 Å². The van der Waals surface area contributed by atoms with Crippen LogP contribution in [0.3, 0.4) is 0 Å². The summed E-state index contributed by atoms with van der Waals surface area (Å²) in [5.74, 6) is 0. The van der Waals surface area contributed by atoms with Crippen LogP contribution in [-0.2, 0) is 0 Å². The molecule has 2 N–H and O–H groups in total. The highest BCUT2D eigenvalue weighted by Gasteiger charge is 2.39. The maximum absolute atomic E-state index is 12.4. The second kappa shape index (κ2) is 4.21. The molecule has 3 nitrogen and oxygen atoms in total. The monoisotopic (exact) mass is 225 g/mol. The number of nitriles is 2. The highest BCUT2D eigenvalue weighted by Crippen LogP contribution is 2.32. The molecule has 0 bridgehead atoms. The average Bonchev–Trinajstić information content (AvgIpc) is 2.25. The molecule has 0 aliphatic rings. The average molecular weight is 225 g/mol. The third-order valence-corrected chi connectivity index (χ3v) is 1.99. The maximum atomic E-state index is 12.4. The fourth-order valence-electron chi connectivity index (χ4n) is 1.17. The van der Waals surface area contributed by atoms with E-state index in [1.165, 1.54) is 6.07 Å². The molecular formula is C10H6F3N3. The van der Waals surface area contributed by atoms with Gasteiger partial charge in [0.2, 0.25) is 0 Å². The van der Waals surface area contributed by atoms with E-state index in [0.717, 1.165) is 12.1 Å². The summed E-state index contributed by atoms with van der Waals surface area (Å²) in [5.41, 5.74) is 4.46. The van der Waals surface area contributed by atoms with E-state index in [-0.39, 0.29) is 16.7 Å². The predicted octanol–water partition coefficient (Wildman–Crippen LogP) is 1.99. The molecule has 0 fully saturated rings. The highest BCUT2D eigenvalue weighted by molar-refractivity contribution is 5.45. The predicted molar refractivity (Wildman–Crippen MR) is 48.9 cm³/mol. The Morgan fingerprint density at radius 3 is 2.25 bits per heavy atom. The molecule has 0 aromatic heterocycles. The first kappa shape index (κ1) is 12.0. The van der Waals surface area contributed by atoms with Gasteiger partial charge in [0.25, 0.3) is 0 Å². The molecule has 0 spiro atoms. The van der Waals surface area contributed by atoms with Crippen molar-refractivity contribution in [3.05, 3.63) is 34.9 Å². The van der Waals surface area contributed by atoms with E-state index in [1.807, 2.05) is 0 Å². The number of nitrogens with two attached hydrogens (primary N) is 1. The zero-order valence-corrected chi connectivity index (χ0v) is 7.92. The van der Waals surface area contributed by atoms with Gasteiger partial charge in [-0.25, -0.2) is 0 Å². The van der Waals surface area contributed by atoms with E-state index in [4.69, 9.17) is 16.3 Å². The van der Waals surface area contributed by atoms with E-state index in [2.05, 4.69) is 0 Å². The summed E-state index contributed by atoms with van der Waals surface area (Å²) in [6.45, 7) is 0. The molecule has 0 saturated heterocycles. The normalized spacial score (nSPS) is 12.6. The van der Waals surface area contributed by atoms with E-state index in [0.29, 0.717) is 0 Å². The van der Waals surface area contributed by atoms with Gasteiger partial charge in [0, 0.05) is 0 Å². The molecule has 0 unspecified atom stereocenters. The molecule has 0 amide bonds. The lowest BCUT2D eigenvalue weighted by Gasteiger charge is -2.17. The Hall–Kier alpha value is -2.05. The second-order valence-corrected chi connectivity index (χ2v) is 3.04. The molecule has 1 aromatic rings. The summed E-state index contributed by atoms with van der Waals surface area (Å²) >= 11 is 0. The Morgan fingerprint density at radius 2 is 1.81 bits per heavy atom. The van der Waals surface area contributed by atoms with Crippen LogP contribution in [0.4, 0.5) is 13.2 Å². The van der Waals surface area contributed by atoms with Crippen molar-refractivity contribution in [2.75, 3.05) is 0 Å². The van der Waals surface area contributed by atoms with E-state index in [1.54, 1.807) is 12.1 Å². The van der Waals surface area contributed by atoms with Gasteiger partial charge in [-0.1, -0.05) is 0 Å². The van der Waals surface area contributed by atoms with Crippen molar-refractivity contribution in [2.45, 2.75) is 12.2 Å². The third-order valence-electron chi connectivity index (χ3n) is 1.99. The van der Waals surface area contributed by atoms with Gasteiger partial charge in [0.1, 0.15) is 6.04 Å². The Bertz CT molecular complexity index is 480. The summed E-state index contributed by atoms with van der Waals surface area (Å²) in [5, 5.41) is 17.2. The molecule has 0 aliphatic carbocycles. The Morgan fingerprint density at radius 1 is 1.19 bits per heavy atom. The lowest BCUT2D eigenvalue weighted by molar-refractivity contribution is -0.149. The van der Waals surface area contributed by atoms with Gasteiger partial charge < -0.3 is 5.73 Å². The number of hydrogen-bond acceptors (Lipinski definition) is 3. The van der Waals surface area contributed by atoms with Crippen LogP contribution in [0.5, 0.6) is 0 Å². The molecular weight excluding hydrogens is 219 g/mol. The number of nitrogens with zero attached hydrogens (tertiary/aromatic N) is 2. The van der Waals surface area contributed by atoms with Gasteiger partial charge in [0.05, 0.1) is 23.3 Å². The maximum Gasteiger partial charge on any atom is 0.407 e. The number of hydrogen-bond donors (Lipinski definition) is 1. The zero-order chi connectivity index (χ0) is 12.3. The largest absolute Gasteiger partial charge is 0.407 e. The van der Waals surface area contributed by atoms with Gasteiger partial charge in [-0.3, -0.25) is 0 Å². The van der Waals surface area contributed by atoms with Gasteiger partial charge in [0.15, 0.2) is 0 Å². The van der Waals surface area contributed by atoms with Crippen LogP contribution in [0.1, 0.15) is 22.7 Å². The van der Waals surface area contributed by atoms with Crippen molar-refractivity contribution < 1.29 is 13.2 Å². The summed E-state index contributed by atoms with van der Waals surface area (Å²) in [7, 11) is 0. The summed E-state index contributed by atoms with van der Waals surface area (Å²) in [6, 6.07) is 4.45. The summed E-state index contributed by atoms with van der Waals surface area (Å²) < 4.78 is 37.1.